The molecule has 1 N–H and O–H groups in total. The van der Waals surface area contributed by atoms with Gasteiger partial charge in [0.05, 0.1) is 12.2 Å². The molecule has 3 aliphatic heterocycles. The standard InChI is InChI=1S/C33H41NO6/c1-7-13-34(14-8-2)17-22-21-15-23-29(36)27-26(16-25-20(28(27)35)10-11-31(5,6)39-25)40-33(23)24(22)18-38-32(33,30(21)37)12-9-19(3)4/h9-11,15-16,21-22,24,35H,7-8,12-14,17-18H2,1-6H3/t21-,22+,24-,32+,33-/m1/s1. The van der Waals surface area contributed by atoms with Gasteiger partial charge < -0.3 is 24.2 Å². The van der Waals surface area contributed by atoms with Crippen molar-refractivity contribution in [1.29, 1.82) is 0 Å². The van der Waals surface area contributed by atoms with Crippen LogP contribution in [0.2, 0.25) is 0 Å². The highest BCUT2D eigenvalue weighted by atomic mass is 16.6. The van der Waals surface area contributed by atoms with E-state index in [0.717, 1.165) is 38.0 Å². The lowest BCUT2D eigenvalue weighted by molar-refractivity contribution is -0.171. The Kier molecular flexibility index (Phi) is 6.35. The zero-order valence-electron chi connectivity index (χ0n) is 24.5. The van der Waals surface area contributed by atoms with E-state index in [4.69, 9.17) is 14.2 Å². The number of nitrogens with zero attached hydrogens (tertiary/aromatic N) is 1. The summed E-state index contributed by atoms with van der Waals surface area (Å²) in [7, 11) is 0. The van der Waals surface area contributed by atoms with Crippen molar-refractivity contribution >= 4 is 17.6 Å². The zero-order chi connectivity index (χ0) is 28.6. The second-order valence-corrected chi connectivity index (χ2v) is 12.9. The van der Waals surface area contributed by atoms with Crippen LogP contribution in [0.1, 0.15) is 76.7 Å². The molecule has 3 aliphatic carbocycles. The minimum absolute atomic E-state index is 0.000745. The molecule has 0 aromatic heterocycles. The largest absolute Gasteiger partial charge is 0.506 e. The molecule has 0 unspecified atom stereocenters. The van der Waals surface area contributed by atoms with Gasteiger partial charge >= 0.3 is 0 Å². The molecule has 1 aromatic rings. The predicted molar refractivity (Wildman–Crippen MR) is 153 cm³/mol. The number of phenolic OH excluding ortho intramolecular Hbond substituents is 1. The molecule has 3 heterocycles. The average Bonchev–Trinajstić information content (AvgIpc) is 3.16. The van der Waals surface area contributed by atoms with Crippen LogP contribution >= 0.6 is 0 Å². The molecule has 0 amide bonds. The number of carbonyl (C=O) groups is 2. The summed E-state index contributed by atoms with van der Waals surface area (Å²) in [5, 5.41) is 11.3. The number of hydrogen-bond acceptors (Lipinski definition) is 7. The van der Waals surface area contributed by atoms with Crippen LogP contribution in [0.5, 0.6) is 17.2 Å². The lowest BCUT2D eigenvalue weighted by atomic mass is 9.49. The molecule has 40 heavy (non-hydrogen) atoms. The van der Waals surface area contributed by atoms with Gasteiger partial charge in [0.25, 0.3) is 0 Å². The maximum atomic E-state index is 14.4. The van der Waals surface area contributed by atoms with E-state index in [1.165, 1.54) is 0 Å². The number of benzene rings is 1. The summed E-state index contributed by atoms with van der Waals surface area (Å²) >= 11 is 0. The Morgan fingerprint density at radius 2 is 1.85 bits per heavy atom. The van der Waals surface area contributed by atoms with E-state index >= 15 is 0 Å². The highest BCUT2D eigenvalue weighted by Crippen LogP contribution is 2.65. The van der Waals surface area contributed by atoms with Crippen LogP contribution in [0, 0.1) is 17.8 Å². The second kappa shape index (κ2) is 9.31. The van der Waals surface area contributed by atoms with E-state index in [1.54, 1.807) is 12.1 Å². The molecule has 1 saturated heterocycles. The highest BCUT2D eigenvalue weighted by Gasteiger charge is 2.79. The molecule has 7 nitrogen and oxygen atoms in total. The third-order valence-corrected chi connectivity index (χ3v) is 9.44. The van der Waals surface area contributed by atoms with Crippen molar-refractivity contribution < 1.29 is 28.9 Å². The van der Waals surface area contributed by atoms with Crippen LogP contribution in [0.4, 0.5) is 0 Å². The third kappa shape index (κ3) is 3.63. The fraction of sp³-hybridized carbons (Fsp3) is 0.576. The first kappa shape index (κ1) is 27.3. The van der Waals surface area contributed by atoms with Gasteiger partial charge in [0.1, 0.15) is 28.4 Å². The van der Waals surface area contributed by atoms with Crippen molar-refractivity contribution in [2.75, 3.05) is 26.2 Å². The van der Waals surface area contributed by atoms with Crippen molar-refractivity contribution in [3.05, 3.63) is 46.6 Å². The molecule has 1 aromatic carbocycles. The van der Waals surface area contributed by atoms with Gasteiger partial charge in [0, 0.05) is 36.4 Å². The van der Waals surface area contributed by atoms with Crippen molar-refractivity contribution in [1.82, 2.24) is 4.90 Å². The molecule has 214 valence electrons. The fourth-order valence-electron chi connectivity index (χ4n) is 7.74. The van der Waals surface area contributed by atoms with Crippen LogP contribution < -0.4 is 9.47 Å². The van der Waals surface area contributed by atoms with Crippen LogP contribution in [0.25, 0.3) is 6.08 Å². The average molecular weight is 548 g/mol. The number of carbonyl (C=O) groups excluding carboxylic acids is 2. The molecule has 0 radical (unpaired) electrons. The van der Waals surface area contributed by atoms with E-state index in [1.807, 2.05) is 45.9 Å². The predicted octanol–water partition coefficient (Wildman–Crippen LogP) is 5.51. The van der Waals surface area contributed by atoms with Gasteiger partial charge in [-0.2, -0.15) is 0 Å². The molecule has 7 rings (SSSR count). The topological polar surface area (TPSA) is 85.3 Å². The summed E-state index contributed by atoms with van der Waals surface area (Å²) < 4.78 is 19.7. The first-order chi connectivity index (χ1) is 19.0. The summed E-state index contributed by atoms with van der Waals surface area (Å²) in [6, 6.07) is 1.72. The number of hydrogen-bond donors (Lipinski definition) is 1. The Bertz CT molecular complexity index is 1360. The van der Waals surface area contributed by atoms with Crippen molar-refractivity contribution in [2.24, 2.45) is 17.8 Å². The Morgan fingerprint density at radius 1 is 1.12 bits per heavy atom. The number of Topliss-reactive ketones (excluding diaryl/α,β-unsaturated/α-hetero) is 2. The SMILES string of the molecule is CCCN(CCC)C[C@@H]1[C@H]2CO[C@@]3(CC=C(C)C)C(=O)[C@@H]1C=C1C(=O)c4c(cc5c(c4O)C=CC(C)(C)O5)O[C@]123. The van der Waals surface area contributed by atoms with Gasteiger partial charge in [-0.1, -0.05) is 31.6 Å². The zero-order valence-corrected chi connectivity index (χ0v) is 24.5. The molecular weight excluding hydrogens is 506 g/mol. The summed E-state index contributed by atoms with van der Waals surface area (Å²) in [4.78, 5) is 31.2. The third-order valence-electron chi connectivity index (χ3n) is 9.44. The number of allylic oxidation sites excluding steroid dienone is 2. The first-order valence-corrected chi connectivity index (χ1v) is 14.8. The van der Waals surface area contributed by atoms with Crippen molar-refractivity contribution in [3.63, 3.8) is 0 Å². The summed E-state index contributed by atoms with van der Waals surface area (Å²) in [5.41, 5.74) is -0.995. The number of ether oxygens (including phenoxy) is 3. The fourth-order valence-corrected chi connectivity index (χ4v) is 7.74. The normalized spacial score (nSPS) is 32.2. The molecule has 1 saturated carbocycles. The van der Waals surface area contributed by atoms with Crippen LogP contribution in [0.3, 0.4) is 0 Å². The Labute approximate surface area is 236 Å². The van der Waals surface area contributed by atoms with Gasteiger partial charge in [-0.25, -0.2) is 0 Å². The van der Waals surface area contributed by atoms with Crippen LogP contribution in [-0.2, 0) is 9.53 Å². The number of aromatic hydroxyl groups is 1. The van der Waals surface area contributed by atoms with Crippen LogP contribution in [-0.4, -0.2) is 64.6 Å². The molecule has 2 fully saturated rings. The molecule has 7 heteroatoms. The molecule has 4 bridgehead atoms. The van der Waals surface area contributed by atoms with E-state index in [-0.39, 0.29) is 40.5 Å². The minimum Gasteiger partial charge on any atom is -0.506 e. The smallest absolute Gasteiger partial charge is 0.200 e. The molecular formula is C33H41NO6. The molecule has 6 aliphatic rings. The van der Waals surface area contributed by atoms with Gasteiger partial charge in [0.15, 0.2) is 22.8 Å². The van der Waals surface area contributed by atoms with Crippen molar-refractivity contribution in [3.8, 4) is 17.2 Å². The van der Waals surface area contributed by atoms with E-state index in [2.05, 4.69) is 18.7 Å². The van der Waals surface area contributed by atoms with E-state index in [0.29, 0.717) is 29.9 Å². The Hall–Kier alpha value is -2.90. The summed E-state index contributed by atoms with van der Waals surface area (Å²) in [5.74, 6) is -0.369. The number of phenols is 1. The molecule has 1 spiro atoms. The number of fused-ring (bicyclic) bond motifs is 2. The molecule has 5 atom stereocenters. The summed E-state index contributed by atoms with van der Waals surface area (Å²) in [6.07, 6.45) is 9.93. The quantitative estimate of drug-likeness (QED) is 0.430. The van der Waals surface area contributed by atoms with Crippen LogP contribution in [0.15, 0.2) is 35.4 Å². The van der Waals surface area contributed by atoms with Gasteiger partial charge in [-0.3, -0.25) is 9.59 Å². The van der Waals surface area contributed by atoms with E-state index in [9.17, 15) is 14.7 Å². The number of rotatable bonds is 8. The monoisotopic (exact) mass is 547 g/mol. The maximum Gasteiger partial charge on any atom is 0.200 e. The Balaban J connectivity index is 1.53. The van der Waals surface area contributed by atoms with Crippen molar-refractivity contribution in [2.45, 2.75) is 77.6 Å². The van der Waals surface area contributed by atoms with E-state index < -0.39 is 22.7 Å². The maximum absolute atomic E-state index is 14.4. The first-order valence-electron chi connectivity index (χ1n) is 14.8. The van der Waals surface area contributed by atoms with Gasteiger partial charge in [0.2, 0.25) is 0 Å². The number of ketones is 2. The lowest BCUT2D eigenvalue weighted by Gasteiger charge is -2.58. The second-order valence-electron chi connectivity index (χ2n) is 12.9. The van der Waals surface area contributed by atoms with Gasteiger partial charge in [-0.15, -0.1) is 0 Å². The summed E-state index contributed by atoms with van der Waals surface area (Å²) in [6.45, 7) is 15.2. The Morgan fingerprint density at radius 3 is 2.52 bits per heavy atom. The van der Waals surface area contributed by atoms with Gasteiger partial charge in [-0.05, 0) is 71.7 Å². The highest BCUT2D eigenvalue weighted by molar-refractivity contribution is 6.18. The minimum atomic E-state index is -1.29. The lowest BCUT2D eigenvalue weighted by Crippen LogP contribution is -2.74.